The molecule has 1 nitrogen and oxygen atoms in total. The zero-order valence-electron chi connectivity index (χ0n) is 6.06. The third-order valence-electron chi connectivity index (χ3n) is 2.04. The summed E-state index contributed by atoms with van der Waals surface area (Å²) in [5, 5.41) is 0. The fourth-order valence-corrected chi connectivity index (χ4v) is 1.41. The van der Waals surface area contributed by atoms with Gasteiger partial charge in [0.25, 0.3) is 0 Å². The SMILES string of the molecule is Cc1cc2c(C)c(c1)C2=O. The zero-order chi connectivity index (χ0) is 7.30. The average molecular weight is 132 g/mol. The maximum atomic E-state index is 11.0. The second-order valence-corrected chi connectivity index (χ2v) is 2.81. The molecule has 0 unspecified atom stereocenters. The molecule has 3 rings (SSSR count). The smallest absolute Gasteiger partial charge is 0.193 e. The van der Waals surface area contributed by atoms with Crippen LogP contribution in [-0.2, 0) is 0 Å². The first-order valence-electron chi connectivity index (χ1n) is 3.36. The van der Waals surface area contributed by atoms with E-state index in [-0.39, 0.29) is 5.78 Å². The summed E-state index contributed by atoms with van der Waals surface area (Å²) >= 11 is 0. The monoisotopic (exact) mass is 132 g/mol. The van der Waals surface area contributed by atoms with Crippen molar-refractivity contribution in [3.05, 3.63) is 34.4 Å². The first-order chi connectivity index (χ1) is 4.70. The number of hydrogen-bond donors (Lipinski definition) is 0. The van der Waals surface area contributed by atoms with Gasteiger partial charge in [0.05, 0.1) is 0 Å². The van der Waals surface area contributed by atoms with Crippen LogP contribution in [0.4, 0.5) is 0 Å². The van der Waals surface area contributed by atoms with Crippen LogP contribution in [0.25, 0.3) is 0 Å². The van der Waals surface area contributed by atoms with Crippen LogP contribution < -0.4 is 0 Å². The molecule has 2 aliphatic carbocycles. The summed E-state index contributed by atoms with van der Waals surface area (Å²) in [6.07, 6.45) is 0. The van der Waals surface area contributed by atoms with E-state index in [0.29, 0.717) is 0 Å². The zero-order valence-corrected chi connectivity index (χ0v) is 6.06. The summed E-state index contributed by atoms with van der Waals surface area (Å²) in [7, 11) is 0. The highest BCUT2D eigenvalue weighted by Crippen LogP contribution is 2.29. The molecule has 1 aromatic carbocycles. The molecule has 2 aliphatic rings. The number of ketones is 1. The Hall–Kier alpha value is -1.11. The van der Waals surface area contributed by atoms with Gasteiger partial charge in [-0.25, -0.2) is 0 Å². The van der Waals surface area contributed by atoms with Crippen molar-refractivity contribution in [3.8, 4) is 0 Å². The Morgan fingerprint density at radius 1 is 1.10 bits per heavy atom. The Morgan fingerprint density at radius 3 is 1.90 bits per heavy atom. The summed E-state index contributed by atoms with van der Waals surface area (Å²) in [6, 6.07) is 3.90. The van der Waals surface area contributed by atoms with Crippen molar-refractivity contribution in [2.24, 2.45) is 0 Å². The summed E-state index contributed by atoms with van der Waals surface area (Å²) in [5.41, 5.74) is 4.18. The Bertz CT molecular complexity index is 296. The van der Waals surface area contributed by atoms with E-state index in [0.717, 1.165) is 16.7 Å². The third-order valence-corrected chi connectivity index (χ3v) is 2.04. The van der Waals surface area contributed by atoms with Gasteiger partial charge < -0.3 is 0 Å². The summed E-state index contributed by atoms with van der Waals surface area (Å²) < 4.78 is 0. The Kier molecular flexibility index (Phi) is 0.839. The molecule has 0 aliphatic heterocycles. The van der Waals surface area contributed by atoms with Crippen LogP contribution in [0.15, 0.2) is 12.1 Å². The van der Waals surface area contributed by atoms with E-state index in [1.165, 1.54) is 5.56 Å². The van der Waals surface area contributed by atoms with Gasteiger partial charge in [0.2, 0.25) is 0 Å². The van der Waals surface area contributed by atoms with E-state index in [9.17, 15) is 4.79 Å². The number of rotatable bonds is 0. The van der Waals surface area contributed by atoms with Crippen molar-refractivity contribution >= 4 is 5.78 Å². The molecule has 0 saturated heterocycles. The van der Waals surface area contributed by atoms with Gasteiger partial charge in [-0.15, -0.1) is 0 Å². The van der Waals surface area contributed by atoms with Gasteiger partial charge in [-0.2, -0.15) is 0 Å². The lowest BCUT2D eigenvalue weighted by molar-refractivity contribution is 0.102. The second-order valence-electron chi connectivity index (χ2n) is 2.81. The molecule has 0 spiro atoms. The molecule has 0 atom stereocenters. The molecule has 0 N–H and O–H groups in total. The van der Waals surface area contributed by atoms with E-state index in [1.54, 1.807) is 0 Å². The quantitative estimate of drug-likeness (QED) is 0.534. The van der Waals surface area contributed by atoms with Crippen molar-refractivity contribution in [1.29, 1.82) is 0 Å². The minimum atomic E-state index is 0.225. The first-order valence-corrected chi connectivity index (χ1v) is 3.36. The maximum absolute atomic E-state index is 11.0. The van der Waals surface area contributed by atoms with Crippen LogP contribution in [0, 0.1) is 13.8 Å². The minimum absolute atomic E-state index is 0.225. The normalized spacial score (nSPS) is 13.2. The highest BCUT2D eigenvalue weighted by Gasteiger charge is 2.25. The maximum Gasteiger partial charge on any atom is 0.193 e. The highest BCUT2D eigenvalue weighted by molar-refractivity contribution is 6.19. The molecule has 10 heavy (non-hydrogen) atoms. The number of benzene rings is 1. The van der Waals surface area contributed by atoms with Crippen molar-refractivity contribution in [2.45, 2.75) is 13.8 Å². The average Bonchev–Trinajstić information content (AvgIpc) is 1.94. The molecular formula is C9H8O. The van der Waals surface area contributed by atoms with Crippen molar-refractivity contribution in [3.63, 3.8) is 0 Å². The molecule has 1 heteroatoms. The van der Waals surface area contributed by atoms with Gasteiger partial charge in [-0.05, 0) is 37.1 Å². The lowest BCUT2D eigenvalue weighted by Crippen LogP contribution is -2.18. The predicted octanol–water partition coefficient (Wildman–Crippen LogP) is 1.85. The lowest BCUT2D eigenvalue weighted by Gasteiger charge is -2.19. The van der Waals surface area contributed by atoms with Crippen LogP contribution in [0.1, 0.15) is 27.0 Å². The van der Waals surface area contributed by atoms with Crippen molar-refractivity contribution in [2.75, 3.05) is 0 Å². The van der Waals surface area contributed by atoms with Gasteiger partial charge >= 0.3 is 0 Å². The minimum Gasteiger partial charge on any atom is -0.289 e. The van der Waals surface area contributed by atoms with E-state index in [1.807, 2.05) is 26.0 Å². The number of fused-ring (bicyclic) bond motifs is 2. The summed E-state index contributed by atoms with van der Waals surface area (Å²) in [4.78, 5) is 11.0. The molecule has 50 valence electrons. The van der Waals surface area contributed by atoms with Crippen LogP contribution in [-0.4, -0.2) is 5.78 Å². The molecule has 2 bridgehead atoms. The standard InChI is InChI=1S/C9H8O/c1-5-3-7-6(2)8(4-5)9(7)10/h3-4H,1-2H3. The Balaban J connectivity index is 2.76. The molecule has 0 saturated carbocycles. The molecular weight excluding hydrogens is 124 g/mol. The summed E-state index contributed by atoms with van der Waals surface area (Å²) in [6.45, 7) is 4.00. The molecule has 0 heterocycles. The van der Waals surface area contributed by atoms with Crippen LogP contribution >= 0.6 is 0 Å². The Labute approximate surface area is 59.7 Å². The third kappa shape index (κ3) is 0.456. The van der Waals surface area contributed by atoms with E-state index >= 15 is 0 Å². The van der Waals surface area contributed by atoms with E-state index in [4.69, 9.17) is 0 Å². The molecule has 1 aromatic rings. The van der Waals surface area contributed by atoms with Crippen molar-refractivity contribution < 1.29 is 4.79 Å². The first kappa shape index (κ1) is 5.66. The van der Waals surface area contributed by atoms with E-state index in [2.05, 4.69) is 0 Å². The Morgan fingerprint density at radius 2 is 1.60 bits per heavy atom. The van der Waals surface area contributed by atoms with Crippen LogP contribution in [0.5, 0.6) is 0 Å². The van der Waals surface area contributed by atoms with Crippen molar-refractivity contribution in [1.82, 2.24) is 0 Å². The number of aryl methyl sites for hydroxylation is 2. The molecule has 0 radical (unpaired) electrons. The molecule has 0 aromatic heterocycles. The van der Waals surface area contributed by atoms with Gasteiger partial charge in [0.15, 0.2) is 5.78 Å². The highest BCUT2D eigenvalue weighted by atomic mass is 16.1. The fourth-order valence-electron chi connectivity index (χ4n) is 1.41. The number of carbonyl (C=O) groups excluding carboxylic acids is 1. The predicted molar refractivity (Wildman–Crippen MR) is 39.3 cm³/mol. The fraction of sp³-hybridized carbons (Fsp3) is 0.222. The molecule has 0 amide bonds. The summed E-state index contributed by atoms with van der Waals surface area (Å²) in [5.74, 6) is 0.225. The lowest BCUT2D eigenvalue weighted by atomic mass is 9.82. The number of hydrogen-bond acceptors (Lipinski definition) is 1. The van der Waals surface area contributed by atoms with E-state index < -0.39 is 0 Å². The topological polar surface area (TPSA) is 17.1 Å². The van der Waals surface area contributed by atoms with Gasteiger partial charge in [-0.1, -0.05) is 0 Å². The van der Waals surface area contributed by atoms with Crippen LogP contribution in [0.3, 0.4) is 0 Å². The second kappa shape index (κ2) is 1.48. The number of carbonyl (C=O) groups is 1. The van der Waals surface area contributed by atoms with Gasteiger partial charge in [0.1, 0.15) is 0 Å². The van der Waals surface area contributed by atoms with Gasteiger partial charge in [0, 0.05) is 11.1 Å². The van der Waals surface area contributed by atoms with Gasteiger partial charge in [-0.3, -0.25) is 4.79 Å². The van der Waals surface area contributed by atoms with Crippen LogP contribution in [0.2, 0.25) is 0 Å². The largest absolute Gasteiger partial charge is 0.289 e. The molecule has 0 fully saturated rings.